The predicted octanol–water partition coefficient (Wildman–Crippen LogP) is 2.42. The van der Waals surface area contributed by atoms with Crippen molar-refractivity contribution in [2.24, 2.45) is 5.84 Å². The highest BCUT2D eigenvalue weighted by molar-refractivity contribution is 6.30. The lowest BCUT2D eigenvalue weighted by molar-refractivity contribution is -0.386. The van der Waals surface area contributed by atoms with Crippen LogP contribution in [-0.4, -0.2) is 14.9 Å². The van der Waals surface area contributed by atoms with Crippen molar-refractivity contribution in [1.82, 2.24) is 9.97 Å². The number of aryl methyl sites for hydroxylation is 1. The highest BCUT2D eigenvalue weighted by atomic mass is 35.5. The Bertz CT molecular complexity index is 665. The van der Waals surface area contributed by atoms with Gasteiger partial charge in [-0.2, -0.15) is 4.98 Å². The molecule has 20 heavy (non-hydrogen) atoms. The highest BCUT2D eigenvalue weighted by Gasteiger charge is 2.20. The van der Waals surface area contributed by atoms with Gasteiger partial charge in [-0.25, -0.2) is 10.8 Å². The molecule has 8 nitrogen and oxygen atoms in total. The van der Waals surface area contributed by atoms with Gasteiger partial charge in [0.25, 0.3) is 0 Å². The van der Waals surface area contributed by atoms with Crippen molar-refractivity contribution in [2.75, 3.05) is 5.43 Å². The molecule has 2 aromatic rings. The summed E-state index contributed by atoms with van der Waals surface area (Å²) in [6, 6.07) is 4.88. The van der Waals surface area contributed by atoms with Gasteiger partial charge in [0.1, 0.15) is 11.9 Å². The lowest BCUT2D eigenvalue weighted by atomic mass is 10.2. The fourth-order valence-corrected chi connectivity index (χ4v) is 1.69. The van der Waals surface area contributed by atoms with Gasteiger partial charge < -0.3 is 4.74 Å². The standard InChI is InChI=1S/C11H10ClN5O3/c1-6-4-7(12)2-3-9(6)20-10-8(17(18)19)5-14-11(15-10)16-13/h2-5H,13H2,1H3,(H,14,15,16). The number of ether oxygens (including phenoxy) is 1. The zero-order valence-electron chi connectivity index (χ0n) is 10.3. The van der Waals surface area contributed by atoms with E-state index in [1.54, 1.807) is 25.1 Å². The van der Waals surface area contributed by atoms with Gasteiger partial charge in [-0.05, 0) is 30.7 Å². The van der Waals surface area contributed by atoms with Gasteiger partial charge in [0.05, 0.1) is 4.92 Å². The van der Waals surface area contributed by atoms with E-state index in [9.17, 15) is 10.1 Å². The Morgan fingerprint density at radius 1 is 1.50 bits per heavy atom. The van der Waals surface area contributed by atoms with Gasteiger partial charge in [0.15, 0.2) is 0 Å². The number of nitrogen functional groups attached to an aromatic ring is 1. The van der Waals surface area contributed by atoms with Gasteiger partial charge in [-0.15, -0.1) is 0 Å². The zero-order chi connectivity index (χ0) is 14.7. The average Bonchev–Trinajstić information content (AvgIpc) is 2.41. The van der Waals surface area contributed by atoms with Crippen molar-refractivity contribution >= 4 is 23.2 Å². The molecule has 1 aromatic heterocycles. The van der Waals surface area contributed by atoms with E-state index in [2.05, 4.69) is 15.4 Å². The molecule has 0 bridgehead atoms. The minimum atomic E-state index is -0.638. The van der Waals surface area contributed by atoms with Crippen molar-refractivity contribution in [1.29, 1.82) is 0 Å². The number of anilines is 1. The summed E-state index contributed by atoms with van der Waals surface area (Å²) in [5, 5.41) is 11.5. The van der Waals surface area contributed by atoms with Crippen LogP contribution in [0.2, 0.25) is 5.02 Å². The number of rotatable bonds is 4. The van der Waals surface area contributed by atoms with Crippen LogP contribution in [0.5, 0.6) is 11.6 Å². The van der Waals surface area contributed by atoms with E-state index in [1.807, 2.05) is 0 Å². The van der Waals surface area contributed by atoms with Gasteiger partial charge in [0, 0.05) is 5.02 Å². The molecular weight excluding hydrogens is 286 g/mol. The molecule has 0 saturated carbocycles. The average molecular weight is 296 g/mol. The summed E-state index contributed by atoms with van der Waals surface area (Å²) in [6.07, 6.45) is 1.02. The molecule has 0 atom stereocenters. The van der Waals surface area contributed by atoms with Gasteiger partial charge in [-0.3, -0.25) is 15.5 Å². The summed E-state index contributed by atoms with van der Waals surface area (Å²) in [5.41, 5.74) is 2.55. The molecule has 0 aliphatic rings. The number of hydrogen-bond donors (Lipinski definition) is 2. The first-order valence-electron chi connectivity index (χ1n) is 5.43. The van der Waals surface area contributed by atoms with Crippen LogP contribution in [0.15, 0.2) is 24.4 Å². The number of halogens is 1. The maximum Gasteiger partial charge on any atom is 0.349 e. The molecule has 2 rings (SSSR count). The summed E-state index contributed by atoms with van der Waals surface area (Å²) in [4.78, 5) is 17.8. The first-order valence-corrected chi connectivity index (χ1v) is 5.81. The van der Waals surface area contributed by atoms with E-state index < -0.39 is 4.92 Å². The van der Waals surface area contributed by atoms with E-state index in [0.717, 1.165) is 6.20 Å². The third-order valence-corrected chi connectivity index (χ3v) is 2.64. The van der Waals surface area contributed by atoms with Gasteiger partial charge in [0.2, 0.25) is 5.95 Å². The molecule has 9 heteroatoms. The Morgan fingerprint density at radius 3 is 2.85 bits per heavy atom. The quantitative estimate of drug-likeness (QED) is 0.505. The molecule has 0 radical (unpaired) electrons. The maximum absolute atomic E-state index is 10.9. The molecular formula is C11H10ClN5O3. The molecule has 0 aliphatic heterocycles. The molecule has 1 heterocycles. The first-order chi connectivity index (χ1) is 9.51. The number of aromatic nitrogens is 2. The number of benzene rings is 1. The predicted molar refractivity (Wildman–Crippen MR) is 72.8 cm³/mol. The second-order valence-corrected chi connectivity index (χ2v) is 4.23. The second-order valence-electron chi connectivity index (χ2n) is 3.80. The maximum atomic E-state index is 10.9. The normalized spacial score (nSPS) is 10.2. The van der Waals surface area contributed by atoms with Crippen LogP contribution in [0.3, 0.4) is 0 Å². The van der Waals surface area contributed by atoms with Crippen molar-refractivity contribution < 1.29 is 9.66 Å². The number of nitrogens with one attached hydrogen (secondary N) is 1. The first kappa shape index (κ1) is 14.0. The van der Waals surface area contributed by atoms with E-state index in [-0.39, 0.29) is 17.5 Å². The number of nitro groups is 1. The van der Waals surface area contributed by atoms with Crippen LogP contribution in [-0.2, 0) is 0 Å². The van der Waals surface area contributed by atoms with Crippen molar-refractivity contribution in [3.05, 3.63) is 45.1 Å². The Kier molecular flexibility index (Phi) is 3.97. The van der Waals surface area contributed by atoms with Crippen LogP contribution in [0.1, 0.15) is 5.56 Å². The van der Waals surface area contributed by atoms with Crippen LogP contribution in [0.4, 0.5) is 11.6 Å². The van der Waals surface area contributed by atoms with E-state index in [4.69, 9.17) is 22.2 Å². The van der Waals surface area contributed by atoms with Gasteiger partial charge in [-0.1, -0.05) is 11.6 Å². The van der Waals surface area contributed by atoms with Crippen LogP contribution >= 0.6 is 11.6 Å². The van der Waals surface area contributed by atoms with E-state index >= 15 is 0 Å². The molecule has 0 aliphatic carbocycles. The fraction of sp³-hybridized carbons (Fsp3) is 0.0909. The third-order valence-electron chi connectivity index (χ3n) is 2.41. The Morgan fingerprint density at radius 2 is 2.25 bits per heavy atom. The monoisotopic (exact) mass is 295 g/mol. The van der Waals surface area contributed by atoms with Crippen LogP contribution in [0, 0.1) is 17.0 Å². The smallest absolute Gasteiger partial charge is 0.349 e. The lowest BCUT2D eigenvalue weighted by Gasteiger charge is -2.09. The molecule has 0 fully saturated rings. The second kappa shape index (κ2) is 5.68. The Labute approximate surface area is 118 Å². The molecule has 0 saturated heterocycles. The van der Waals surface area contributed by atoms with E-state index in [1.165, 1.54) is 0 Å². The molecule has 1 aromatic carbocycles. The molecule has 0 unspecified atom stereocenters. The molecule has 104 valence electrons. The minimum absolute atomic E-state index is 0.0113. The number of nitrogens with zero attached hydrogens (tertiary/aromatic N) is 3. The summed E-state index contributed by atoms with van der Waals surface area (Å²) in [5.74, 6) is 5.38. The van der Waals surface area contributed by atoms with Crippen LogP contribution in [0.25, 0.3) is 0 Å². The summed E-state index contributed by atoms with van der Waals surface area (Å²) < 4.78 is 5.45. The van der Waals surface area contributed by atoms with Crippen molar-refractivity contribution in [2.45, 2.75) is 6.92 Å². The number of nitrogens with two attached hydrogens (primary N) is 1. The lowest BCUT2D eigenvalue weighted by Crippen LogP contribution is -2.11. The molecule has 3 N–H and O–H groups in total. The Balaban J connectivity index is 2.43. The molecule has 0 spiro atoms. The number of hydrazine groups is 1. The SMILES string of the molecule is Cc1cc(Cl)ccc1Oc1nc(NN)ncc1[N+](=O)[O-]. The van der Waals surface area contributed by atoms with Crippen molar-refractivity contribution in [3.63, 3.8) is 0 Å². The summed E-state index contributed by atoms with van der Waals surface area (Å²) in [6.45, 7) is 1.76. The zero-order valence-corrected chi connectivity index (χ0v) is 11.1. The van der Waals surface area contributed by atoms with Gasteiger partial charge >= 0.3 is 11.6 Å². The largest absolute Gasteiger partial charge is 0.433 e. The topological polar surface area (TPSA) is 116 Å². The van der Waals surface area contributed by atoms with Crippen LogP contribution < -0.4 is 16.0 Å². The Hall–Kier alpha value is -2.45. The van der Waals surface area contributed by atoms with E-state index in [0.29, 0.717) is 16.3 Å². The molecule has 0 amide bonds. The third kappa shape index (κ3) is 2.92. The number of hydrogen-bond acceptors (Lipinski definition) is 7. The minimum Gasteiger partial charge on any atom is -0.433 e. The van der Waals surface area contributed by atoms with Crippen molar-refractivity contribution in [3.8, 4) is 11.6 Å². The summed E-state index contributed by atoms with van der Waals surface area (Å²) in [7, 11) is 0. The fourth-order valence-electron chi connectivity index (χ4n) is 1.46. The highest BCUT2D eigenvalue weighted by Crippen LogP contribution is 2.32. The summed E-state index contributed by atoms with van der Waals surface area (Å²) >= 11 is 5.83.